The van der Waals surface area contributed by atoms with Gasteiger partial charge in [-0.05, 0) is 86.8 Å². The number of esters is 2. The molecule has 220 valence electrons. The van der Waals surface area contributed by atoms with Gasteiger partial charge < -0.3 is 28.4 Å². The summed E-state index contributed by atoms with van der Waals surface area (Å²) < 4.78 is 32.8. The molecule has 0 saturated heterocycles. The predicted molar refractivity (Wildman–Crippen MR) is 157 cm³/mol. The number of carbonyl (C=O) groups is 2. The second-order valence-electron chi connectivity index (χ2n) is 9.84. The molecule has 3 aromatic carbocycles. The van der Waals surface area contributed by atoms with Gasteiger partial charge in [0.15, 0.2) is 0 Å². The highest BCUT2D eigenvalue weighted by molar-refractivity contribution is 5.91. The second kappa shape index (κ2) is 16.4. The van der Waals surface area contributed by atoms with Gasteiger partial charge in [-0.3, -0.25) is 4.79 Å². The quantitative estimate of drug-likeness (QED) is 0.106. The van der Waals surface area contributed by atoms with E-state index in [0.717, 1.165) is 23.3 Å². The monoisotopic (exact) mass is 564 g/mol. The molecule has 8 heteroatoms. The zero-order valence-corrected chi connectivity index (χ0v) is 24.4. The van der Waals surface area contributed by atoms with E-state index >= 15 is 0 Å². The van der Waals surface area contributed by atoms with Crippen molar-refractivity contribution in [1.29, 1.82) is 0 Å². The second-order valence-corrected chi connectivity index (χ2v) is 9.84. The third-order valence-corrected chi connectivity index (χ3v) is 6.42. The first-order chi connectivity index (χ1) is 19.8. The van der Waals surface area contributed by atoms with E-state index in [2.05, 4.69) is 0 Å². The highest BCUT2D eigenvalue weighted by atomic mass is 16.6. The van der Waals surface area contributed by atoms with E-state index in [1.807, 2.05) is 64.1 Å². The summed E-state index contributed by atoms with van der Waals surface area (Å²) in [7, 11) is 0. The van der Waals surface area contributed by atoms with E-state index in [4.69, 9.17) is 28.4 Å². The summed E-state index contributed by atoms with van der Waals surface area (Å²) in [5.74, 6) is 1.26. The lowest BCUT2D eigenvalue weighted by Gasteiger charge is -2.20. The fraction of sp³-hybridized carbons (Fsp3) is 0.394. The highest BCUT2D eigenvalue weighted by Crippen LogP contribution is 2.25. The summed E-state index contributed by atoms with van der Waals surface area (Å²) in [4.78, 5) is 24.4. The largest absolute Gasteiger partial charge is 0.494 e. The first kappa shape index (κ1) is 31.6. The Hall–Kier alpha value is -3.88. The maximum absolute atomic E-state index is 12.6. The molecular formula is C33H40O8. The van der Waals surface area contributed by atoms with Crippen LogP contribution in [0.3, 0.4) is 0 Å². The molecular weight excluding hydrogens is 524 g/mol. The van der Waals surface area contributed by atoms with E-state index in [-0.39, 0.29) is 12.6 Å². The van der Waals surface area contributed by atoms with Gasteiger partial charge in [0.1, 0.15) is 30.5 Å². The van der Waals surface area contributed by atoms with Gasteiger partial charge in [0.25, 0.3) is 0 Å². The summed E-state index contributed by atoms with van der Waals surface area (Å²) in [6.45, 7) is 10.4. The van der Waals surface area contributed by atoms with E-state index in [1.165, 1.54) is 0 Å². The fourth-order valence-corrected chi connectivity index (χ4v) is 3.55. The Bertz CT molecular complexity index is 1200. The lowest BCUT2D eigenvalue weighted by Crippen LogP contribution is -2.27. The van der Waals surface area contributed by atoms with Crippen LogP contribution in [0.1, 0.15) is 44.5 Å². The molecule has 0 aromatic heterocycles. The van der Waals surface area contributed by atoms with Gasteiger partial charge in [-0.25, -0.2) is 4.79 Å². The van der Waals surface area contributed by atoms with Crippen molar-refractivity contribution in [1.82, 2.24) is 0 Å². The van der Waals surface area contributed by atoms with Gasteiger partial charge in [-0.2, -0.15) is 0 Å². The number of hydrogen-bond donors (Lipinski definition) is 0. The minimum atomic E-state index is -0.473. The zero-order valence-electron chi connectivity index (χ0n) is 24.4. The third kappa shape index (κ3) is 10.6. The third-order valence-electron chi connectivity index (χ3n) is 6.42. The molecule has 0 N–H and O–H groups in total. The van der Waals surface area contributed by atoms with Crippen LogP contribution in [0.2, 0.25) is 0 Å². The number of ether oxygens (including phenoxy) is 6. The summed E-state index contributed by atoms with van der Waals surface area (Å²) >= 11 is 0. The van der Waals surface area contributed by atoms with Crippen LogP contribution in [0.25, 0.3) is 11.1 Å². The molecule has 0 unspecified atom stereocenters. The topological polar surface area (TPSA) is 89.5 Å². The van der Waals surface area contributed by atoms with Crippen molar-refractivity contribution >= 4 is 11.9 Å². The first-order valence-corrected chi connectivity index (χ1v) is 13.9. The van der Waals surface area contributed by atoms with Crippen LogP contribution < -0.4 is 14.2 Å². The Morgan fingerprint density at radius 1 is 0.610 bits per heavy atom. The van der Waals surface area contributed by atoms with Crippen molar-refractivity contribution in [3.05, 3.63) is 78.4 Å². The minimum absolute atomic E-state index is 0.215. The molecule has 0 aliphatic heterocycles. The smallest absolute Gasteiger partial charge is 0.343 e. The lowest BCUT2D eigenvalue weighted by atomic mass is 9.91. The van der Waals surface area contributed by atoms with Gasteiger partial charge >= 0.3 is 11.9 Å². The Morgan fingerprint density at radius 3 is 1.66 bits per heavy atom. The van der Waals surface area contributed by atoms with Gasteiger partial charge in [0, 0.05) is 0 Å². The van der Waals surface area contributed by atoms with Crippen LogP contribution in [-0.4, -0.2) is 58.2 Å². The van der Waals surface area contributed by atoms with E-state index in [1.54, 1.807) is 36.4 Å². The molecule has 41 heavy (non-hydrogen) atoms. The standard InChI is InChI=1S/C33H40O8/c1-5-33(3,4)32(35)40-24-22-37-20-19-36-21-23-39-29-15-11-27(12-16-29)31(34)41-30-17-9-26(10-18-30)25-7-13-28(14-8-25)38-6-2/h7-18H,5-6,19-24H2,1-4H3. The minimum Gasteiger partial charge on any atom is -0.494 e. The normalized spacial score (nSPS) is 11.1. The molecule has 0 heterocycles. The van der Waals surface area contributed by atoms with Crippen LogP contribution in [0, 0.1) is 5.41 Å². The van der Waals surface area contributed by atoms with E-state index in [9.17, 15) is 9.59 Å². The summed E-state index contributed by atoms with van der Waals surface area (Å²) in [5, 5.41) is 0. The van der Waals surface area contributed by atoms with E-state index < -0.39 is 11.4 Å². The van der Waals surface area contributed by atoms with Crippen LogP contribution in [0.15, 0.2) is 72.8 Å². The average Bonchev–Trinajstić information content (AvgIpc) is 2.99. The first-order valence-electron chi connectivity index (χ1n) is 13.9. The number of rotatable bonds is 17. The molecule has 3 aromatic rings. The molecule has 0 saturated carbocycles. The Morgan fingerprint density at radius 2 is 1.10 bits per heavy atom. The molecule has 8 nitrogen and oxygen atoms in total. The Balaban J connectivity index is 1.30. The number of benzene rings is 3. The lowest BCUT2D eigenvalue weighted by molar-refractivity contribution is -0.155. The van der Waals surface area contributed by atoms with Crippen LogP contribution in [-0.2, 0) is 19.0 Å². The number of carbonyl (C=O) groups excluding carboxylic acids is 2. The molecule has 0 spiro atoms. The predicted octanol–water partition coefficient (Wildman–Crippen LogP) is 6.36. The summed E-state index contributed by atoms with van der Waals surface area (Å²) in [6, 6.07) is 22.0. The molecule has 0 aliphatic rings. The van der Waals surface area contributed by atoms with Crippen molar-refractivity contribution in [2.24, 2.45) is 5.41 Å². The van der Waals surface area contributed by atoms with Crippen molar-refractivity contribution < 1.29 is 38.0 Å². The van der Waals surface area contributed by atoms with Crippen molar-refractivity contribution in [2.45, 2.75) is 34.1 Å². The molecule has 0 bridgehead atoms. The van der Waals surface area contributed by atoms with Crippen molar-refractivity contribution in [2.75, 3.05) is 46.2 Å². The van der Waals surface area contributed by atoms with Crippen molar-refractivity contribution in [3.63, 3.8) is 0 Å². The molecule has 0 radical (unpaired) electrons. The maximum Gasteiger partial charge on any atom is 0.343 e. The average molecular weight is 565 g/mol. The van der Waals surface area contributed by atoms with Crippen molar-refractivity contribution in [3.8, 4) is 28.4 Å². The van der Waals surface area contributed by atoms with Crippen LogP contribution in [0.4, 0.5) is 0 Å². The fourth-order valence-electron chi connectivity index (χ4n) is 3.55. The molecule has 0 aliphatic carbocycles. The summed E-state index contributed by atoms with van der Waals surface area (Å²) in [6.07, 6.45) is 0.724. The SMILES string of the molecule is CCOc1ccc(-c2ccc(OC(=O)c3ccc(OCCOCCOCCOC(=O)C(C)(C)CC)cc3)cc2)cc1. The van der Waals surface area contributed by atoms with Gasteiger partial charge in [0.2, 0.25) is 0 Å². The van der Waals surface area contributed by atoms with E-state index in [0.29, 0.717) is 56.7 Å². The Kier molecular flexibility index (Phi) is 12.7. The van der Waals surface area contributed by atoms with Gasteiger partial charge in [0.05, 0.1) is 44.0 Å². The zero-order chi connectivity index (χ0) is 29.5. The number of hydrogen-bond acceptors (Lipinski definition) is 8. The molecule has 0 amide bonds. The van der Waals surface area contributed by atoms with Gasteiger partial charge in [-0.1, -0.05) is 31.2 Å². The maximum atomic E-state index is 12.6. The van der Waals surface area contributed by atoms with Crippen LogP contribution >= 0.6 is 0 Å². The molecule has 0 atom stereocenters. The Labute approximate surface area is 242 Å². The summed E-state index contributed by atoms with van der Waals surface area (Å²) in [5.41, 5.74) is 2.01. The van der Waals surface area contributed by atoms with Gasteiger partial charge in [-0.15, -0.1) is 0 Å². The van der Waals surface area contributed by atoms with Crippen LogP contribution in [0.5, 0.6) is 17.2 Å². The molecule has 3 rings (SSSR count). The molecule has 0 fully saturated rings. The highest BCUT2D eigenvalue weighted by Gasteiger charge is 2.26.